The molecule has 3 aromatic carbocycles. The average molecular weight is 663 g/mol. The Balaban J connectivity index is 1.22. The molecule has 1 fully saturated rings. The highest BCUT2D eigenvalue weighted by Gasteiger charge is 2.41. The van der Waals surface area contributed by atoms with Crippen LogP contribution in [0.25, 0.3) is 38.9 Å². The second-order valence-corrected chi connectivity index (χ2v) is 12.5. The number of para-hydroxylation sites is 1. The minimum absolute atomic E-state index is 0.0796. The van der Waals surface area contributed by atoms with Gasteiger partial charge in [0.1, 0.15) is 53.1 Å². The molecule has 2 aliphatic rings. The lowest BCUT2D eigenvalue weighted by molar-refractivity contribution is -0.133. The molecule has 13 heteroatoms. The Labute approximate surface area is 281 Å². The van der Waals surface area contributed by atoms with Gasteiger partial charge in [0.15, 0.2) is 5.65 Å². The monoisotopic (exact) mass is 662 g/mol. The Kier molecular flexibility index (Phi) is 7.63. The highest BCUT2D eigenvalue weighted by Crippen LogP contribution is 2.36. The molecule has 0 aliphatic carbocycles. The molecular weight excluding hydrogens is 627 g/mol. The summed E-state index contributed by atoms with van der Waals surface area (Å²) in [7, 11) is 4.96. The molecule has 6 aromatic rings. The summed E-state index contributed by atoms with van der Waals surface area (Å²) in [6, 6.07) is 17.8. The number of amides is 1. The molecule has 8 rings (SSSR count). The number of likely N-dealkylation sites (N-methyl/N-ethyl adjacent to an activating group) is 1. The van der Waals surface area contributed by atoms with Crippen molar-refractivity contribution in [1.29, 1.82) is 0 Å². The Hall–Kier alpha value is -5.56. The zero-order valence-corrected chi connectivity index (χ0v) is 27.6. The summed E-state index contributed by atoms with van der Waals surface area (Å²) in [5, 5.41) is 5.22. The second-order valence-electron chi connectivity index (χ2n) is 12.5. The number of imidazole rings is 1. The summed E-state index contributed by atoms with van der Waals surface area (Å²) in [5.74, 6) is 1.93. The maximum atomic E-state index is 14.4. The number of aromatic nitrogens is 6. The van der Waals surface area contributed by atoms with Crippen LogP contribution >= 0.6 is 0 Å². The molecule has 2 aliphatic heterocycles. The van der Waals surface area contributed by atoms with Crippen LogP contribution in [-0.4, -0.2) is 92.7 Å². The third kappa shape index (κ3) is 5.30. The van der Waals surface area contributed by atoms with Crippen LogP contribution < -0.4 is 14.4 Å². The van der Waals surface area contributed by atoms with E-state index in [1.165, 1.54) is 25.6 Å². The van der Waals surface area contributed by atoms with E-state index in [0.29, 0.717) is 60.1 Å². The van der Waals surface area contributed by atoms with Crippen molar-refractivity contribution >= 4 is 33.8 Å². The van der Waals surface area contributed by atoms with Crippen molar-refractivity contribution in [2.75, 3.05) is 39.3 Å². The standard InChI is InChI=1S/C36H35FN8O4/c1-21-41-29-10-6-9-27-22-7-5-8-24(13-22)49-25-15-31(36(46)42(2)17-26(47-3)19-43(21)33(27)29)44(18-25)34-28-16-40-45(35(28)39-20-38-34)30-12-11-23(37)14-32(30)48-4/h5-14,16,20,25-26,31H,15,17-19H2,1-4H3/t25-,26?,31-/m0/s1. The minimum Gasteiger partial charge on any atom is -0.494 e. The molecule has 3 atom stereocenters. The smallest absolute Gasteiger partial charge is 0.245 e. The molecule has 0 N–H and O–H groups in total. The number of ether oxygens (including phenoxy) is 3. The quantitative estimate of drug-likeness (QED) is 0.263. The summed E-state index contributed by atoms with van der Waals surface area (Å²) in [6.07, 6.45) is 2.94. The average Bonchev–Trinajstić information content (AvgIpc) is 3.82. The lowest BCUT2D eigenvalue weighted by Gasteiger charge is -2.30. The van der Waals surface area contributed by atoms with E-state index in [1.54, 1.807) is 36.0 Å². The third-order valence-electron chi connectivity index (χ3n) is 9.51. The van der Waals surface area contributed by atoms with E-state index in [1.807, 2.05) is 42.2 Å². The van der Waals surface area contributed by atoms with Crippen LogP contribution in [0.4, 0.5) is 10.2 Å². The fourth-order valence-corrected chi connectivity index (χ4v) is 7.16. The number of halogens is 1. The maximum absolute atomic E-state index is 14.4. The number of hydrogen-bond donors (Lipinski definition) is 0. The van der Waals surface area contributed by atoms with Gasteiger partial charge in [0.2, 0.25) is 5.91 Å². The zero-order valence-electron chi connectivity index (χ0n) is 27.6. The number of benzene rings is 3. The normalized spacial score (nSPS) is 19.6. The van der Waals surface area contributed by atoms with Gasteiger partial charge in [-0.15, -0.1) is 0 Å². The van der Waals surface area contributed by atoms with Gasteiger partial charge < -0.3 is 28.6 Å². The van der Waals surface area contributed by atoms with Gasteiger partial charge in [-0.25, -0.2) is 24.0 Å². The highest BCUT2D eigenvalue weighted by molar-refractivity contribution is 5.94. The SMILES string of the molecule is COc1cc(F)ccc1-n1ncc2c(N3C[C@@H]4C[C@H]3C(=O)N(C)CC(OC)Cn3c(C)nc5cccc(c53)-c3cccc(c3)O4)ncnc21. The molecule has 1 amide bonds. The van der Waals surface area contributed by atoms with Crippen molar-refractivity contribution in [2.24, 2.45) is 0 Å². The van der Waals surface area contributed by atoms with Crippen LogP contribution in [0.3, 0.4) is 0 Å². The predicted octanol–water partition coefficient (Wildman–Crippen LogP) is 4.80. The van der Waals surface area contributed by atoms with E-state index in [9.17, 15) is 9.18 Å². The lowest BCUT2D eigenvalue weighted by atomic mass is 10.0. The summed E-state index contributed by atoms with van der Waals surface area (Å²) in [6.45, 7) is 3.27. The summed E-state index contributed by atoms with van der Waals surface area (Å²) >= 11 is 0. The fraction of sp³-hybridized carbons (Fsp3) is 0.306. The molecule has 0 saturated carbocycles. The van der Waals surface area contributed by atoms with Crippen LogP contribution in [-0.2, 0) is 16.1 Å². The van der Waals surface area contributed by atoms with Crippen LogP contribution in [0.5, 0.6) is 11.5 Å². The van der Waals surface area contributed by atoms with Gasteiger partial charge in [-0.1, -0.05) is 24.3 Å². The van der Waals surface area contributed by atoms with E-state index in [-0.39, 0.29) is 18.1 Å². The number of nitrogens with zero attached hydrogens (tertiary/aromatic N) is 8. The minimum atomic E-state index is -0.582. The number of aryl methyl sites for hydroxylation is 1. The first-order chi connectivity index (χ1) is 23.8. The molecule has 12 nitrogen and oxygen atoms in total. The van der Waals surface area contributed by atoms with E-state index >= 15 is 0 Å². The van der Waals surface area contributed by atoms with Crippen LogP contribution in [0.15, 0.2) is 73.2 Å². The fourth-order valence-electron chi connectivity index (χ4n) is 7.16. The Bertz CT molecular complexity index is 2220. The molecule has 0 radical (unpaired) electrons. The summed E-state index contributed by atoms with van der Waals surface area (Å²) < 4.78 is 35.9. The van der Waals surface area contributed by atoms with Crippen molar-refractivity contribution < 1.29 is 23.4 Å². The largest absolute Gasteiger partial charge is 0.494 e. The van der Waals surface area contributed by atoms with Crippen LogP contribution in [0, 0.1) is 12.7 Å². The van der Waals surface area contributed by atoms with Crippen molar-refractivity contribution in [3.8, 4) is 28.3 Å². The summed E-state index contributed by atoms with van der Waals surface area (Å²) in [4.78, 5) is 32.2. The van der Waals surface area contributed by atoms with E-state index < -0.39 is 11.9 Å². The van der Waals surface area contributed by atoms with Gasteiger partial charge in [-0.05, 0) is 42.8 Å². The first kappa shape index (κ1) is 30.8. The maximum Gasteiger partial charge on any atom is 0.245 e. The number of carbonyl (C=O) groups is 1. The number of fused-ring (bicyclic) bond motifs is 6. The van der Waals surface area contributed by atoms with Crippen molar-refractivity contribution in [1.82, 2.24) is 34.2 Å². The molecule has 250 valence electrons. The zero-order chi connectivity index (χ0) is 33.8. The third-order valence-corrected chi connectivity index (χ3v) is 9.51. The van der Waals surface area contributed by atoms with Gasteiger partial charge in [0.25, 0.3) is 0 Å². The predicted molar refractivity (Wildman–Crippen MR) is 182 cm³/mol. The number of rotatable bonds is 4. The van der Waals surface area contributed by atoms with Crippen LogP contribution in [0.1, 0.15) is 12.2 Å². The molecular formula is C36H35FN8O4. The van der Waals surface area contributed by atoms with E-state index in [0.717, 1.165) is 28.0 Å². The second kappa shape index (κ2) is 12.2. The van der Waals surface area contributed by atoms with E-state index in [4.69, 9.17) is 19.2 Å². The lowest BCUT2D eigenvalue weighted by Crippen LogP contribution is -2.47. The van der Waals surface area contributed by atoms with Crippen molar-refractivity contribution in [3.63, 3.8) is 0 Å². The molecule has 1 unspecified atom stereocenters. The van der Waals surface area contributed by atoms with Gasteiger partial charge in [-0.3, -0.25) is 4.79 Å². The molecule has 49 heavy (non-hydrogen) atoms. The Morgan fingerprint density at radius 3 is 2.69 bits per heavy atom. The van der Waals surface area contributed by atoms with Crippen molar-refractivity contribution in [2.45, 2.75) is 38.1 Å². The summed E-state index contributed by atoms with van der Waals surface area (Å²) in [5.41, 5.74) is 4.99. The first-order valence-electron chi connectivity index (χ1n) is 16.1. The Morgan fingerprint density at radius 1 is 1.00 bits per heavy atom. The first-order valence-corrected chi connectivity index (χ1v) is 16.1. The molecule has 3 aromatic heterocycles. The van der Waals surface area contributed by atoms with Gasteiger partial charge in [0, 0.05) is 38.8 Å². The van der Waals surface area contributed by atoms with E-state index in [2.05, 4.69) is 31.8 Å². The van der Waals surface area contributed by atoms with Crippen molar-refractivity contribution in [3.05, 3.63) is 84.8 Å². The topological polar surface area (TPSA) is 113 Å². The molecule has 1 saturated heterocycles. The number of anilines is 1. The van der Waals surface area contributed by atoms with Crippen LogP contribution in [0.2, 0.25) is 0 Å². The number of carbonyl (C=O) groups excluding carboxylic acids is 1. The Morgan fingerprint density at radius 2 is 1.86 bits per heavy atom. The molecule has 5 heterocycles. The van der Waals surface area contributed by atoms with Gasteiger partial charge in [-0.2, -0.15) is 5.10 Å². The van der Waals surface area contributed by atoms with Gasteiger partial charge in [0.05, 0.1) is 48.9 Å². The number of methoxy groups -OCH3 is 2. The highest BCUT2D eigenvalue weighted by atomic mass is 19.1. The van der Waals surface area contributed by atoms with Gasteiger partial charge >= 0.3 is 0 Å². The molecule has 0 spiro atoms. The number of hydrogen-bond acceptors (Lipinski definition) is 9. The molecule has 4 bridgehead atoms.